The molecule has 0 N–H and O–H groups in total. The van der Waals surface area contributed by atoms with E-state index in [1.165, 1.54) is 18.2 Å². The smallest absolute Gasteiger partial charge is 0.410 e. The van der Waals surface area contributed by atoms with Crippen molar-refractivity contribution in [2.45, 2.75) is 25.8 Å². The number of aryl methyl sites for hydroxylation is 1. The number of amides is 1. The number of aromatic nitrogens is 2. The van der Waals surface area contributed by atoms with Gasteiger partial charge < -0.3 is 9.64 Å². The zero-order valence-corrected chi connectivity index (χ0v) is 13.4. The van der Waals surface area contributed by atoms with Gasteiger partial charge in [-0.15, -0.1) is 0 Å². The molecule has 0 bridgehead atoms. The van der Waals surface area contributed by atoms with E-state index < -0.39 is 0 Å². The van der Waals surface area contributed by atoms with Crippen LogP contribution in [0.3, 0.4) is 0 Å². The topological polar surface area (TPSA) is 47.4 Å². The first-order chi connectivity index (χ1) is 10.5. The molecular weight excluding hydrogens is 278 g/mol. The van der Waals surface area contributed by atoms with Crippen LogP contribution in [0.4, 0.5) is 4.79 Å². The SMILES string of the molecule is COC(=O)N1CC(c2cnn(C)c2C)c2ccccc2C1C. The zero-order valence-electron chi connectivity index (χ0n) is 13.4. The van der Waals surface area contributed by atoms with E-state index in [9.17, 15) is 4.79 Å². The van der Waals surface area contributed by atoms with Crippen LogP contribution in [-0.2, 0) is 11.8 Å². The maximum atomic E-state index is 12.1. The van der Waals surface area contributed by atoms with Crippen LogP contribution in [0.5, 0.6) is 0 Å². The highest BCUT2D eigenvalue weighted by atomic mass is 16.5. The summed E-state index contributed by atoms with van der Waals surface area (Å²) in [6, 6.07) is 8.32. The minimum Gasteiger partial charge on any atom is -0.453 e. The standard InChI is InChI=1S/C17H21N3O2/c1-11-15(9-18-19(11)3)16-10-20(17(21)22-4)12(2)13-7-5-6-8-14(13)16/h5-9,12,16H,10H2,1-4H3. The number of methoxy groups -OCH3 is 1. The molecule has 1 amide bonds. The van der Waals surface area contributed by atoms with Crippen molar-refractivity contribution in [1.82, 2.24) is 14.7 Å². The third kappa shape index (κ3) is 2.17. The Morgan fingerprint density at radius 1 is 1.27 bits per heavy atom. The van der Waals surface area contributed by atoms with Gasteiger partial charge in [0.15, 0.2) is 0 Å². The summed E-state index contributed by atoms with van der Waals surface area (Å²) in [7, 11) is 3.37. The first-order valence-corrected chi connectivity index (χ1v) is 7.46. The van der Waals surface area contributed by atoms with Crippen LogP contribution >= 0.6 is 0 Å². The van der Waals surface area contributed by atoms with E-state index in [2.05, 4.69) is 30.2 Å². The van der Waals surface area contributed by atoms with Crippen LogP contribution in [0.25, 0.3) is 0 Å². The molecule has 116 valence electrons. The van der Waals surface area contributed by atoms with E-state index in [-0.39, 0.29) is 18.1 Å². The largest absolute Gasteiger partial charge is 0.453 e. The van der Waals surface area contributed by atoms with Crippen LogP contribution < -0.4 is 0 Å². The minimum absolute atomic E-state index is 0.0110. The van der Waals surface area contributed by atoms with Crippen molar-refractivity contribution in [2.24, 2.45) is 7.05 Å². The van der Waals surface area contributed by atoms with Crippen molar-refractivity contribution in [3.05, 3.63) is 52.8 Å². The molecule has 22 heavy (non-hydrogen) atoms. The van der Waals surface area contributed by atoms with Gasteiger partial charge in [0, 0.05) is 30.8 Å². The predicted molar refractivity (Wildman–Crippen MR) is 83.8 cm³/mol. The molecule has 3 rings (SSSR count). The summed E-state index contributed by atoms with van der Waals surface area (Å²) in [5, 5.41) is 4.36. The molecule has 0 saturated heterocycles. The number of ether oxygens (including phenoxy) is 1. The summed E-state index contributed by atoms with van der Waals surface area (Å²) in [5.41, 5.74) is 4.73. The molecule has 1 aliphatic heterocycles. The maximum Gasteiger partial charge on any atom is 0.410 e. The van der Waals surface area contributed by atoms with Crippen molar-refractivity contribution in [1.29, 1.82) is 0 Å². The number of rotatable bonds is 1. The summed E-state index contributed by atoms with van der Waals surface area (Å²) < 4.78 is 6.83. The molecule has 2 aromatic rings. The van der Waals surface area contributed by atoms with Gasteiger partial charge in [0.25, 0.3) is 0 Å². The molecule has 5 nitrogen and oxygen atoms in total. The van der Waals surface area contributed by atoms with Gasteiger partial charge in [-0.2, -0.15) is 5.10 Å². The third-order valence-electron chi connectivity index (χ3n) is 4.73. The highest BCUT2D eigenvalue weighted by Gasteiger charge is 2.35. The normalized spacial score (nSPS) is 20.6. The molecule has 1 aliphatic rings. The summed E-state index contributed by atoms with van der Waals surface area (Å²) in [5.74, 6) is 0.125. The first-order valence-electron chi connectivity index (χ1n) is 7.46. The third-order valence-corrected chi connectivity index (χ3v) is 4.73. The average molecular weight is 299 g/mol. The lowest BCUT2D eigenvalue weighted by Gasteiger charge is -2.38. The van der Waals surface area contributed by atoms with Crippen LogP contribution in [-0.4, -0.2) is 34.4 Å². The van der Waals surface area contributed by atoms with Gasteiger partial charge in [0.1, 0.15) is 0 Å². The van der Waals surface area contributed by atoms with Gasteiger partial charge in [-0.1, -0.05) is 24.3 Å². The van der Waals surface area contributed by atoms with Crippen molar-refractivity contribution in [3.63, 3.8) is 0 Å². The van der Waals surface area contributed by atoms with E-state index in [1.54, 1.807) is 4.90 Å². The summed E-state index contributed by atoms with van der Waals surface area (Å²) >= 11 is 0. The number of carbonyl (C=O) groups excluding carboxylic acids is 1. The number of benzene rings is 1. The summed E-state index contributed by atoms with van der Waals surface area (Å²) in [6.07, 6.45) is 1.62. The number of carbonyl (C=O) groups is 1. The summed E-state index contributed by atoms with van der Waals surface area (Å²) in [4.78, 5) is 13.9. The van der Waals surface area contributed by atoms with E-state index in [4.69, 9.17) is 4.74 Å². The van der Waals surface area contributed by atoms with E-state index >= 15 is 0 Å². The highest BCUT2D eigenvalue weighted by molar-refractivity contribution is 5.69. The number of nitrogens with zero attached hydrogens (tertiary/aromatic N) is 3. The first kappa shape index (κ1) is 14.6. The molecule has 1 aromatic carbocycles. The fraction of sp³-hybridized carbons (Fsp3) is 0.412. The quantitative estimate of drug-likeness (QED) is 0.813. The molecule has 2 unspecified atom stereocenters. The molecule has 2 heterocycles. The highest BCUT2D eigenvalue weighted by Crippen LogP contribution is 2.40. The number of hydrogen-bond acceptors (Lipinski definition) is 3. The molecule has 1 aromatic heterocycles. The Morgan fingerprint density at radius 3 is 2.55 bits per heavy atom. The molecule has 2 atom stereocenters. The Hall–Kier alpha value is -2.30. The maximum absolute atomic E-state index is 12.1. The van der Waals surface area contributed by atoms with Crippen molar-refractivity contribution in [2.75, 3.05) is 13.7 Å². The molecule has 5 heteroatoms. The van der Waals surface area contributed by atoms with Gasteiger partial charge in [-0.25, -0.2) is 4.79 Å². The van der Waals surface area contributed by atoms with Crippen LogP contribution in [0.2, 0.25) is 0 Å². The second kappa shape index (κ2) is 5.48. The van der Waals surface area contributed by atoms with Gasteiger partial charge in [-0.3, -0.25) is 4.68 Å². The van der Waals surface area contributed by atoms with Gasteiger partial charge in [0.05, 0.1) is 19.3 Å². The Kier molecular flexibility index (Phi) is 3.64. The molecule has 0 fully saturated rings. The molecular formula is C17H21N3O2. The molecule has 0 aliphatic carbocycles. The fourth-order valence-electron chi connectivity index (χ4n) is 3.30. The van der Waals surface area contributed by atoms with E-state index in [0.717, 1.165) is 11.3 Å². The van der Waals surface area contributed by atoms with Gasteiger partial charge in [0.2, 0.25) is 0 Å². The zero-order chi connectivity index (χ0) is 15.9. The monoisotopic (exact) mass is 299 g/mol. The average Bonchev–Trinajstić information content (AvgIpc) is 2.87. The van der Waals surface area contributed by atoms with Gasteiger partial charge in [-0.05, 0) is 25.0 Å². The summed E-state index contributed by atoms with van der Waals surface area (Å²) in [6.45, 7) is 4.71. The van der Waals surface area contributed by atoms with Crippen molar-refractivity contribution < 1.29 is 9.53 Å². The van der Waals surface area contributed by atoms with Crippen molar-refractivity contribution in [3.8, 4) is 0 Å². The Bertz CT molecular complexity index is 708. The second-order valence-corrected chi connectivity index (χ2v) is 5.79. The van der Waals surface area contributed by atoms with E-state index in [1.807, 2.05) is 30.9 Å². The van der Waals surface area contributed by atoms with Crippen LogP contribution in [0.1, 0.15) is 41.3 Å². The lowest BCUT2D eigenvalue weighted by molar-refractivity contribution is 0.102. The Balaban J connectivity index is 2.11. The Morgan fingerprint density at radius 2 is 1.95 bits per heavy atom. The van der Waals surface area contributed by atoms with Crippen LogP contribution in [0.15, 0.2) is 30.5 Å². The van der Waals surface area contributed by atoms with Crippen LogP contribution in [0, 0.1) is 6.92 Å². The predicted octanol–water partition coefficient (Wildman–Crippen LogP) is 3.00. The second-order valence-electron chi connectivity index (χ2n) is 5.79. The molecule has 0 saturated carbocycles. The molecule has 0 spiro atoms. The lowest BCUT2D eigenvalue weighted by Crippen LogP contribution is -2.41. The van der Waals surface area contributed by atoms with Crippen molar-refractivity contribution >= 4 is 6.09 Å². The number of fused-ring (bicyclic) bond motifs is 1. The lowest BCUT2D eigenvalue weighted by atomic mass is 9.82. The van der Waals surface area contributed by atoms with Gasteiger partial charge >= 0.3 is 6.09 Å². The Labute approximate surface area is 130 Å². The number of hydrogen-bond donors (Lipinski definition) is 0. The van der Waals surface area contributed by atoms with E-state index in [0.29, 0.717) is 6.54 Å². The fourth-order valence-corrected chi connectivity index (χ4v) is 3.30. The minimum atomic E-state index is -0.284. The molecule has 0 radical (unpaired) electrons.